The first-order valence-electron chi connectivity index (χ1n) is 6.51. The first-order valence-corrected chi connectivity index (χ1v) is 6.51. The molecule has 6 heteroatoms. The molecule has 20 heavy (non-hydrogen) atoms. The van der Waals surface area contributed by atoms with Gasteiger partial charge in [-0.25, -0.2) is 9.59 Å². The zero-order chi connectivity index (χ0) is 14.8. The van der Waals surface area contributed by atoms with Gasteiger partial charge < -0.3 is 20.5 Å². The van der Waals surface area contributed by atoms with Gasteiger partial charge in [0, 0.05) is 13.0 Å². The molecule has 6 nitrogen and oxygen atoms in total. The maximum Gasteiger partial charge on any atom is 0.407 e. The second-order valence-electron chi connectivity index (χ2n) is 4.06. The molecule has 0 radical (unpaired) electrons. The molecule has 0 heterocycles. The minimum Gasteiger partial charge on any atom is -0.464 e. The number of esters is 1. The lowest BCUT2D eigenvalue weighted by Gasteiger charge is -2.17. The molecule has 3 N–H and O–H groups in total. The third-order valence-electron chi connectivity index (χ3n) is 2.50. The summed E-state index contributed by atoms with van der Waals surface area (Å²) in [5, 5.41) is 2.49. The average molecular weight is 280 g/mol. The number of carbonyl (C=O) groups excluding carboxylic acids is 2. The van der Waals surface area contributed by atoms with Crippen LogP contribution in [0.3, 0.4) is 0 Å². The van der Waals surface area contributed by atoms with Crippen LogP contribution in [0.2, 0.25) is 0 Å². The topological polar surface area (TPSA) is 90.6 Å². The number of ether oxygens (including phenoxy) is 2. The molecule has 0 aromatic heterocycles. The van der Waals surface area contributed by atoms with Gasteiger partial charge in [0.2, 0.25) is 0 Å². The Balaban J connectivity index is 2.65. The molecule has 1 rings (SSSR count). The minimum absolute atomic E-state index is 0.104. The number of nitrogens with one attached hydrogen (secondary N) is 1. The summed E-state index contributed by atoms with van der Waals surface area (Å²) < 4.78 is 9.75. The Hall–Kier alpha value is -2.08. The second-order valence-corrected chi connectivity index (χ2v) is 4.06. The van der Waals surface area contributed by atoms with E-state index in [2.05, 4.69) is 5.32 Å². The Morgan fingerprint density at radius 1 is 1.25 bits per heavy atom. The van der Waals surface area contributed by atoms with Crippen molar-refractivity contribution in [2.75, 3.05) is 19.8 Å². The minimum atomic E-state index is -0.775. The Bertz CT molecular complexity index is 422. The lowest BCUT2D eigenvalue weighted by molar-refractivity contribution is -0.145. The van der Waals surface area contributed by atoms with Gasteiger partial charge in [0.25, 0.3) is 0 Å². The van der Waals surface area contributed by atoms with Crippen molar-refractivity contribution in [3.8, 4) is 0 Å². The molecule has 1 unspecified atom stereocenters. The Morgan fingerprint density at radius 3 is 2.55 bits per heavy atom. The fourth-order valence-electron chi connectivity index (χ4n) is 1.62. The number of rotatable bonds is 7. The zero-order valence-electron chi connectivity index (χ0n) is 11.5. The summed E-state index contributed by atoms with van der Waals surface area (Å²) in [7, 11) is 0. The summed E-state index contributed by atoms with van der Waals surface area (Å²) in [6, 6.07) is 8.58. The summed E-state index contributed by atoms with van der Waals surface area (Å²) in [5.41, 5.74) is 6.16. The normalized spacial score (nSPS) is 11.5. The molecular weight excluding hydrogens is 260 g/mol. The van der Waals surface area contributed by atoms with Crippen LogP contribution >= 0.6 is 0 Å². The monoisotopic (exact) mass is 280 g/mol. The standard InChI is InChI=1S/C14H20N2O4/c1-2-19-13(17)12(16-14(18)20-9-8-15)10-11-6-4-3-5-7-11/h3-7,12H,2,8-10,15H2,1H3,(H,16,18). The third-order valence-corrected chi connectivity index (χ3v) is 2.50. The van der Waals surface area contributed by atoms with E-state index in [0.29, 0.717) is 6.42 Å². The average Bonchev–Trinajstić information content (AvgIpc) is 2.46. The lowest BCUT2D eigenvalue weighted by atomic mass is 10.1. The van der Waals surface area contributed by atoms with E-state index in [1.807, 2.05) is 30.3 Å². The van der Waals surface area contributed by atoms with Gasteiger partial charge in [-0.2, -0.15) is 0 Å². The van der Waals surface area contributed by atoms with Crippen LogP contribution in [-0.4, -0.2) is 37.9 Å². The molecule has 0 spiro atoms. The second kappa shape index (κ2) is 8.92. The Morgan fingerprint density at radius 2 is 1.95 bits per heavy atom. The van der Waals surface area contributed by atoms with Crippen LogP contribution in [-0.2, 0) is 20.7 Å². The molecule has 0 bridgehead atoms. The zero-order valence-corrected chi connectivity index (χ0v) is 11.5. The fraction of sp³-hybridized carbons (Fsp3) is 0.429. The summed E-state index contributed by atoms with van der Waals surface area (Å²) in [4.78, 5) is 23.4. The van der Waals surface area contributed by atoms with Crippen molar-refractivity contribution in [2.24, 2.45) is 5.73 Å². The van der Waals surface area contributed by atoms with Crippen molar-refractivity contribution in [3.05, 3.63) is 35.9 Å². The molecule has 0 saturated heterocycles. The van der Waals surface area contributed by atoms with E-state index in [1.54, 1.807) is 6.92 Å². The van der Waals surface area contributed by atoms with Crippen LogP contribution < -0.4 is 11.1 Å². The molecule has 0 saturated carbocycles. The largest absolute Gasteiger partial charge is 0.464 e. The number of hydrogen-bond acceptors (Lipinski definition) is 5. The van der Waals surface area contributed by atoms with Crippen LogP contribution in [0.5, 0.6) is 0 Å². The van der Waals surface area contributed by atoms with Crippen molar-refractivity contribution in [1.29, 1.82) is 0 Å². The van der Waals surface area contributed by atoms with Gasteiger partial charge in [0.1, 0.15) is 12.6 Å². The van der Waals surface area contributed by atoms with E-state index in [9.17, 15) is 9.59 Å². The fourth-order valence-corrected chi connectivity index (χ4v) is 1.62. The highest BCUT2D eigenvalue weighted by Gasteiger charge is 2.23. The van der Waals surface area contributed by atoms with Gasteiger partial charge in [-0.1, -0.05) is 30.3 Å². The Kier molecular flexibility index (Phi) is 7.13. The first-order chi connectivity index (χ1) is 9.67. The van der Waals surface area contributed by atoms with Gasteiger partial charge in [0.05, 0.1) is 6.61 Å². The van der Waals surface area contributed by atoms with E-state index in [0.717, 1.165) is 5.56 Å². The van der Waals surface area contributed by atoms with Gasteiger partial charge in [-0.05, 0) is 12.5 Å². The molecule has 0 fully saturated rings. The summed E-state index contributed by atoms with van der Waals surface area (Å²) in [6.45, 7) is 2.30. The van der Waals surface area contributed by atoms with E-state index >= 15 is 0 Å². The highest BCUT2D eigenvalue weighted by Crippen LogP contribution is 2.05. The smallest absolute Gasteiger partial charge is 0.407 e. The molecule has 1 aromatic carbocycles. The van der Waals surface area contributed by atoms with Crippen molar-refractivity contribution >= 4 is 12.1 Å². The summed E-state index contributed by atoms with van der Waals surface area (Å²) in [6.07, 6.45) is -0.332. The first kappa shape index (κ1) is 16.0. The van der Waals surface area contributed by atoms with Gasteiger partial charge in [-0.3, -0.25) is 0 Å². The van der Waals surface area contributed by atoms with Crippen LogP contribution in [0.1, 0.15) is 12.5 Å². The number of amides is 1. The van der Waals surface area contributed by atoms with E-state index in [1.165, 1.54) is 0 Å². The third kappa shape index (κ3) is 5.71. The number of nitrogens with two attached hydrogens (primary N) is 1. The van der Waals surface area contributed by atoms with Gasteiger partial charge in [0.15, 0.2) is 0 Å². The highest BCUT2D eigenvalue weighted by atomic mass is 16.6. The van der Waals surface area contributed by atoms with Crippen molar-refractivity contribution in [2.45, 2.75) is 19.4 Å². The SMILES string of the molecule is CCOC(=O)C(Cc1ccccc1)NC(=O)OCCN. The maximum atomic E-state index is 11.8. The molecule has 1 aromatic rings. The molecule has 1 atom stereocenters. The van der Waals surface area contributed by atoms with E-state index in [4.69, 9.17) is 15.2 Å². The molecule has 0 aliphatic rings. The molecule has 0 aliphatic carbocycles. The molecule has 110 valence electrons. The van der Waals surface area contributed by atoms with Gasteiger partial charge >= 0.3 is 12.1 Å². The quantitative estimate of drug-likeness (QED) is 0.722. The Labute approximate surface area is 118 Å². The van der Waals surface area contributed by atoms with Crippen molar-refractivity contribution in [3.63, 3.8) is 0 Å². The lowest BCUT2D eigenvalue weighted by Crippen LogP contribution is -2.44. The molecule has 0 aliphatic heterocycles. The van der Waals surface area contributed by atoms with Crippen molar-refractivity contribution < 1.29 is 19.1 Å². The van der Waals surface area contributed by atoms with Crippen LogP contribution in [0, 0.1) is 0 Å². The number of carbonyl (C=O) groups is 2. The summed E-state index contributed by atoms with van der Waals surface area (Å²) in [5.74, 6) is -0.485. The van der Waals surface area contributed by atoms with Gasteiger partial charge in [-0.15, -0.1) is 0 Å². The van der Waals surface area contributed by atoms with Crippen molar-refractivity contribution in [1.82, 2.24) is 5.32 Å². The highest BCUT2D eigenvalue weighted by molar-refractivity contribution is 5.81. The van der Waals surface area contributed by atoms with E-state index in [-0.39, 0.29) is 19.8 Å². The van der Waals surface area contributed by atoms with Crippen LogP contribution in [0.25, 0.3) is 0 Å². The number of benzene rings is 1. The predicted octanol–water partition coefficient (Wildman–Crippen LogP) is 0.846. The van der Waals surface area contributed by atoms with Crippen LogP contribution in [0.15, 0.2) is 30.3 Å². The molecular formula is C14H20N2O4. The summed E-state index contributed by atoms with van der Waals surface area (Å²) >= 11 is 0. The molecule has 1 amide bonds. The maximum absolute atomic E-state index is 11.8. The van der Waals surface area contributed by atoms with E-state index < -0.39 is 18.1 Å². The number of hydrogen-bond donors (Lipinski definition) is 2. The number of alkyl carbamates (subject to hydrolysis) is 1. The van der Waals surface area contributed by atoms with Crippen LogP contribution in [0.4, 0.5) is 4.79 Å². The predicted molar refractivity (Wildman–Crippen MR) is 74.1 cm³/mol.